The number of halogens is 1. The van der Waals surface area contributed by atoms with Crippen LogP contribution in [0.3, 0.4) is 0 Å². The van der Waals surface area contributed by atoms with Gasteiger partial charge in [0.05, 0.1) is 7.11 Å². The van der Waals surface area contributed by atoms with Crippen molar-refractivity contribution in [2.24, 2.45) is 22.8 Å². The summed E-state index contributed by atoms with van der Waals surface area (Å²) in [5.74, 6) is -1.33. The Morgan fingerprint density at radius 3 is 2.19 bits per heavy atom. The summed E-state index contributed by atoms with van der Waals surface area (Å²) in [4.78, 5) is 47.7. The molecular weight excluding hydrogens is 560 g/mol. The molecule has 0 saturated heterocycles. The fourth-order valence-electron chi connectivity index (χ4n) is 3.41. The number of ether oxygens (including phenoxy) is 2. The third-order valence-electron chi connectivity index (χ3n) is 5.47. The Kier molecular flexibility index (Phi) is 18.0. The summed E-state index contributed by atoms with van der Waals surface area (Å²) < 4.78 is 9.94. The van der Waals surface area contributed by atoms with E-state index in [-0.39, 0.29) is 11.7 Å². The smallest absolute Gasteiger partial charge is 0.404 e. The van der Waals surface area contributed by atoms with E-state index < -0.39 is 41.4 Å². The minimum atomic E-state index is -0.901. The largest absolute Gasteiger partial charge is 0.491 e. The Morgan fingerprint density at radius 2 is 1.64 bits per heavy atom. The van der Waals surface area contributed by atoms with Gasteiger partial charge in [-0.2, -0.15) is 0 Å². The molecule has 4 amide bonds. The molecule has 0 radical (unpaired) electrons. The standard InChI is InChI=1S/C31H45ClN4O6/c1-21(20-22(2)13-10-15-25(41-7)28(33)38)12-8-9-16-26(37)36-27(31(4,5)6)29(39)35-19-11-14-24(42-30(34)40)18-17-23(3)32/h8-13,15-17,19-20,22,24,27H,14,18H2,1-7H3,(H2,33,38)(H2,34,40)(H,35,39)(H,36,37). The van der Waals surface area contributed by atoms with Gasteiger partial charge < -0.3 is 31.6 Å². The molecule has 3 atom stereocenters. The highest BCUT2D eigenvalue weighted by molar-refractivity contribution is 6.29. The first-order valence-electron chi connectivity index (χ1n) is 13.4. The molecule has 0 heterocycles. The Morgan fingerprint density at radius 1 is 1.00 bits per heavy atom. The molecule has 0 fully saturated rings. The van der Waals surface area contributed by atoms with Crippen molar-refractivity contribution < 1.29 is 28.7 Å². The lowest BCUT2D eigenvalue weighted by molar-refractivity contribution is -0.129. The third kappa shape index (κ3) is 18.3. The van der Waals surface area contributed by atoms with Crippen LogP contribution in [0.2, 0.25) is 0 Å². The highest BCUT2D eigenvalue weighted by Crippen LogP contribution is 2.19. The van der Waals surface area contributed by atoms with Crippen molar-refractivity contribution in [3.8, 4) is 0 Å². The molecule has 0 aliphatic heterocycles. The van der Waals surface area contributed by atoms with Gasteiger partial charge in [-0.05, 0) is 37.5 Å². The minimum absolute atomic E-state index is 0.0668. The van der Waals surface area contributed by atoms with Gasteiger partial charge in [-0.3, -0.25) is 14.4 Å². The number of nitrogens with one attached hydrogen (secondary N) is 2. The third-order valence-corrected chi connectivity index (χ3v) is 5.63. The molecule has 3 unspecified atom stereocenters. The van der Waals surface area contributed by atoms with Crippen molar-refractivity contribution in [1.29, 1.82) is 0 Å². The van der Waals surface area contributed by atoms with Crippen LogP contribution in [-0.4, -0.2) is 43.1 Å². The van der Waals surface area contributed by atoms with Crippen molar-refractivity contribution in [3.05, 3.63) is 83.3 Å². The Balaban J connectivity index is 5.12. The van der Waals surface area contributed by atoms with Crippen LogP contribution in [0.25, 0.3) is 0 Å². The first-order valence-corrected chi connectivity index (χ1v) is 13.7. The van der Waals surface area contributed by atoms with E-state index in [1.165, 1.54) is 25.5 Å². The number of allylic oxidation sites excluding steroid dienone is 9. The molecule has 0 spiro atoms. The number of hydrogen-bond donors (Lipinski definition) is 4. The van der Waals surface area contributed by atoms with E-state index in [0.717, 1.165) is 5.57 Å². The number of methoxy groups -OCH3 is 1. The normalized spacial score (nSPS) is 15.7. The number of nitrogens with two attached hydrogens (primary N) is 2. The van der Waals surface area contributed by atoms with E-state index in [9.17, 15) is 19.2 Å². The first kappa shape index (κ1) is 38.0. The first-order chi connectivity index (χ1) is 19.6. The van der Waals surface area contributed by atoms with Crippen LogP contribution in [0.5, 0.6) is 0 Å². The average molecular weight is 605 g/mol. The molecule has 0 rings (SSSR count). The second kappa shape index (κ2) is 19.9. The monoisotopic (exact) mass is 604 g/mol. The summed E-state index contributed by atoms with van der Waals surface area (Å²) in [6, 6.07) is -0.820. The summed E-state index contributed by atoms with van der Waals surface area (Å²) in [5, 5.41) is 5.97. The lowest BCUT2D eigenvalue weighted by Gasteiger charge is -2.29. The predicted molar refractivity (Wildman–Crippen MR) is 167 cm³/mol. The highest BCUT2D eigenvalue weighted by atomic mass is 35.5. The van der Waals surface area contributed by atoms with E-state index in [0.29, 0.717) is 17.9 Å². The molecule has 0 aromatic heterocycles. The Labute approximate surface area is 254 Å². The molecule has 0 saturated carbocycles. The Bertz CT molecular complexity index is 1140. The SMILES string of the molecule is COC(=CC=CC(C)C=C(C)C=CC=CC(=O)NC(C(=O)NC=CCC(CC=C(C)Cl)OC(N)=O)C(C)(C)C)C(N)=O. The maximum atomic E-state index is 12.9. The van der Waals surface area contributed by atoms with Crippen molar-refractivity contribution in [1.82, 2.24) is 10.6 Å². The second-order valence-corrected chi connectivity index (χ2v) is 11.1. The number of amides is 4. The molecule has 0 bridgehead atoms. The Hall–Kier alpha value is -4.05. The van der Waals surface area contributed by atoms with Gasteiger partial charge in [0.25, 0.3) is 5.91 Å². The molecule has 0 aliphatic carbocycles. The van der Waals surface area contributed by atoms with Crippen LogP contribution in [-0.2, 0) is 23.9 Å². The number of rotatable bonds is 16. The van der Waals surface area contributed by atoms with Crippen LogP contribution in [0, 0.1) is 11.3 Å². The van der Waals surface area contributed by atoms with Gasteiger partial charge in [-0.15, -0.1) is 0 Å². The maximum absolute atomic E-state index is 12.9. The van der Waals surface area contributed by atoms with Gasteiger partial charge >= 0.3 is 6.09 Å². The average Bonchev–Trinajstić information content (AvgIpc) is 2.87. The van der Waals surface area contributed by atoms with Crippen LogP contribution < -0.4 is 22.1 Å². The molecule has 42 heavy (non-hydrogen) atoms. The van der Waals surface area contributed by atoms with Crippen molar-refractivity contribution >= 4 is 35.4 Å². The highest BCUT2D eigenvalue weighted by Gasteiger charge is 2.31. The van der Waals surface area contributed by atoms with Crippen molar-refractivity contribution in [3.63, 3.8) is 0 Å². The van der Waals surface area contributed by atoms with Gasteiger partial charge in [0.15, 0.2) is 5.76 Å². The van der Waals surface area contributed by atoms with Crippen LogP contribution in [0.4, 0.5) is 4.79 Å². The zero-order chi connectivity index (χ0) is 32.3. The lowest BCUT2D eigenvalue weighted by atomic mass is 9.86. The number of hydrogen-bond acceptors (Lipinski definition) is 6. The fraction of sp³-hybridized carbons (Fsp3) is 0.419. The summed E-state index contributed by atoms with van der Waals surface area (Å²) in [6.07, 6.45) is 17.6. The van der Waals surface area contributed by atoms with E-state index in [1.54, 1.807) is 37.3 Å². The number of carbonyl (C=O) groups excluding carboxylic acids is 4. The molecule has 0 aliphatic rings. The number of primary amides is 2. The lowest BCUT2D eigenvalue weighted by Crippen LogP contribution is -2.52. The zero-order valence-corrected chi connectivity index (χ0v) is 26.2. The van der Waals surface area contributed by atoms with E-state index in [4.69, 9.17) is 32.5 Å². The van der Waals surface area contributed by atoms with Gasteiger partial charge in [0.1, 0.15) is 12.1 Å². The molecule has 6 N–H and O–H groups in total. The van der Waals surface area contributed by atoms with Crippen LogP contribution in [0.1, 0.15) is 54.4 Å². The number of carbonyl (C=O) groups is 4. The minimum Gasteiger partial charge on any atom is -0.491 e. The molecule has 0 aromatic carbocycles. The quantitative estimate of drug-likeness (QED) is 0.112. The predicted octanol–water partition coefficient (Wildman–Crippen LogP) is 4.80. The van der Waals surface area contributed by atoms with Gasteiger partial charge in [0.2, 0.25) is 11.8 Å². The molecule has 0 aromatic rings. The maximum Gasteiger partial charge on any atom is 0.404 e. The molecule has 232 valence electrons. The van der Waals surface area contributed by atoms with Gasteiger partial charge in [-0.1, -0.05) is 93.5 Å². The van der Waals surface area contributed by atoms with E-state index in [2.05, 4.69) is 10.6 Å². The fourth-order valence-corrected chi connectivity index (χ4v) is 3.49. The molecule has 11 heteroatoms. The van der Waals surface area contributed by atoms with Crippen molar-refractivity contribution in [2.45, 2.75) is 66.5 Å². The van der Waals surface area contributed by atoms with Crippen molar-refractivity contribution in [2.75, 3.05) is 7.11 Å². The van der Waals surface area contributed by atoms with Gasteiger partial charge in [-0.25, -0.2) is 4.79 Å². The van der Waals surface area contributed by atoms with Crippen LogP contribution >= 0.6 is 11.6 Å². The van der Waals surface area contributed by atoms with Crippen LogP contribution in [0.15, 0.2) is 83.3 Å². The summed E-state index contributed by atoms with van der Waals surface area (Å²) in [6.45, 7) is 11.1. The topological polar surface area (TPSA) is 163 Å². The summed E-state index contributed by atoms with van der Waals surface area (Å²) >= 11 is 5.84. The van der Waals surface area contributed by atoms with E-state index >= 15 is 0 Å². The van der Waals surface area contributed by atoms with E-state index in [1.807, 2.05) is 52.8 Å². The molecule has 10 nitrogen and oxygen atoms in total. The molecular formula is C31H45ClN4O6. The second-order valence-electron chi connectivity index (χ2n) is 10.5. The zero-order valence-electron chi connectivity index (χ0n) is 25.5. The summed E-state index contributed by atoms with van der Waals surface area (Å²) in [7, 11) is 1.37. The summed E-state index contributed by atoms with van der Waals surface area (Å²) in [5.41, 5.74) is 10.7. The van der Waals surface area contributed by atoms with Gasteiger partial charge in [0, 0.05) is 23.9 Å².